The second-order valence-electron chi connectivity index (χ2n) is 10.4. The molecule has 0 heterocycles. The van der Waals surface area contributed by atoms with Crippen molar-refractivity contribution in [3.05, 3.63) is 111 Å². The molecule has 0 aromatic heterocycles. The fourth-order valence-corrected chi connectivity index (χ4v) is 6.23. The largest absolute Gasteiger partial charge is 0.483 e. The average molecular weight is 654 g/mol. The second-order valence-corrected chi connectivity index (χ2v) is 12.0. The molecule has 1 atom stereocenters. The lowest BCUT2D eigenvalue weighted by Crippen LogP contribution is -2.53. The number of amides is 2. The van der Waals surface area contributed by atoms with E-state index >= 15 is 0 Å². The zero-order valence-corrected chi connectivity index (χ0v) is 25.6. The summed E-state index contributed by atoms with van der Waals surface area (Å²) in [6.07, 6.45) is 4.45. The van der Waals surface area contributed by atoms with Gasteiger partial charge in [-0.2, -0.15) is 0 Å². The molecule has 0 aliphatic heterocycles. The van der Waals surface area contributed by atoms with Crippen LogP contribution in [0.2, 0.25) is 10.0 Å². The molecule has 1 saturated carbocycles. The maximum Gasteiger partial charge on any atom is 0.261 e. The summed E-state index contributed by atoms with van der Waals surface area (Å²) >= 11 is 16.1. The molecular formula is C33H31BrCl2N2O3. The topological polar surface area (TPSA) is 58.6 Å². The molecule has 2 amide bonds. The van der Waals surface area contributed by atoms with Crippen LogP contribution in [0.5, 0.6) is 5.75 Å². The van der Waals surface area contributed by atoms with E-state index in [0.717, 1.165) is 52.1 Å². The first-order valence-electron chi connectivity index (χ1n) is 13.8. The monoisotopic (exact) mass is 652 g/mol. The summed E-state index contributed by atoms with van der Waals surface area (Å²) in [7, 11) is 0. The average Bonchev–Trinajstić information content (AvgIpc) is 3.50. The molecule has 41 heavy (non-hydrogen) atoms. The summed E-state index contributed by atoms with van der Waals surface area (Å²) in [5.74, 6) is 0.0845. The van der Waals surface area contributed by atoms with Crippen molar-refractivity contribution in [2.75, 3.05) is 6.61 Å². The van der Waals surface area contributed by atoms with Crippen molar-refractivity contribution in [3.63, 3.8) is 0 Å². The number of ether oxygens (including phenoxy) is 1. The summed E-state index contributed by atoms with van der Waals surface area (Å²) in [4.78, 5) is 29.4. The van der Waals surface area contributed by atoms with Gasteiger partial charge >= 0.3 is 0 Å². The van der Waals surface area contributed by atoms with E-state index in [2.05, 4.69) is 21.2 Å². The van der Waals surface area contributed by atoms with Gasteiger partial charge in [0.25, 0.3) is 5.91 Å². The van der Waals surface area contributed by atoms with Crippen molar-refractivity contribution < 1.29 is 14.3 Å². The lowest BCUT2D eigenvalue weighted by molar-refractivity contribution is -0.143. The lowest BCUT2D eigenvalue weighted by atomic mass is 10.0. The standard InChI is InChI=1S/C33H31BrCl2N2O3/c34-32-26-13-7-4-10-24(26)15-17-30(32)41-21-31(39)38(20-23-14-16-27(35)28(36)18-23)29(19-22-8-2-1-3-9-22)33(40)37-25-11-5-6-12-25/h1-4,7-10,13-18,25,29H,5-6,11-12,19-21H2,(H,37,40)/t29-/m1/s1. The zero-order valence-electron chi connectivity index (χ0n) is 22.5. The highest BCUT2D eigenvalue weighted by molar-refractivity contribution is 9.10. The van der Waals surface area contributed by atoms with Gasteiger partial charge in [0.1, 0.15) is 11.8 Å². The first-order valence-corrected chi connectivity index (χ1v) is 15.3. The Balaban J connectivity index is 1.44. The van der Waals surface area contributed by atoms with Crippen LogP contribution >= 0.6 is 39.1 Å². The third kappa shape index (κ3) is 7.42. The number of benzene rings is 4. The predicted octanol–water partition coefficient (Wildman–Crippen LogP) is 7.99. The molecule has 0 saturated heterocycles. The van der Waals surface area contributed by atoms with Gasteiger partial charge in [0.2, 0.25) is 5.91 Å². The van der Waals surface area contributed by atoms with Gasteiger partial charge in [0.15, 0.2) is 6.61 Å². The van der Waals surface area contributed by atoms with E-state index in [-0.39, 0.29) is 31.0 Å². The van der Waals surface area contributed by atoms with Crippen LogP contribution in [0, 0.1) is 0 Å². The summed E-state index contributed by atoms with van der Waals surface area (Å²) in [5.41, 5.74) is 1.73. The molecule has 1 N–H and O–H groups in total. The first kappa shape index (κ1) is 29.4. The van der Waals surface area contributed by atoms with E-state index in [1.807, 2.05) is 72.8 Å². The van der Waals surface area contributed by atoms with E-state index in [1.54, 1.807) is 17.0 Å². The molecule has 0 spiro atoms. The van der Waals surface area contributed by atoms with Crippen LogP contribution in [-0.4, -0.2) is 35.4 Å². The fourth-order valence-electron chi connectivity index (χ4n) is 5.30. The van der Waals surface area contributed by atoms with Crippen LogP contribution in [0.3, 0.4) is 0 Å². The van der Waals surface area contributed by atoms with Crippen molar-refractivity contribution in [3.8, 4) is 5.75 Å². The van der Waals surface area contributed by atoms with E-state index in [1.165, 1.54) is 0 Å². The van der Waals surface area contributed by atoms with Crippen LogP contribution in [0.4, 0.5) is 0 Å². The Hall–Kier alpha value is -3.06. The van der Waals surface area contributed by atoms with Gasteiger partial charge in [-0.1, -0.05) is 103 Å². The number of hydrogen-bond donors (Lipinski definition) is 1. The minimum Gasteiger partial charge on any atom is -0.483 e. The van der Waals surface area contributed by atoms with Gasteiger partial charge in [-0.3, -0.25) is 9.59 Å². The maximum absolute atomic E-state index is 14.0. The van der Waals surface area contributed by atoms with Crippen LogP contribution in [-0.2, 0) is 22.6 Å². The third-order valence-corrected chi connectivity index (χ3v) is 9.05. The van der Waals surface area contributed by atoms with Crippen molar-refractivity contribution in [2.45, 2.75) is 50.7 Å². The van der Waals surface area contributed by atoms with Gasteiger partial charge in [0.05, 0.1) is 14.5 Å². The highest BCUT2D eigenvalue weighted by Gasteiger charge is 2.32. The first-order chi connectivity index (χ1) is 19.9. The van der Waals surface area contributed by atoms with Crippen LogP contribution < -0.4 is 10.1 Å². The number of nitrogens with zero attached hydrogens (tertiary/aromatic N) is 1. The number of nitrogens with one attached hydrogen (secondary N) is 1. The summed E-state index contributed by atoms with van der Waals surface area (Å²) < 4.78 is 6.84. The SMILES string of the molecule is O=C(NC1CCCC1)[C@@H](Cc1ccccc1)N(Cc1ccc(Cl)c(Cl)c1)C(=O)COc1ccc2ccccc2c1Br. The van der Waals surface area contributed by atoms with Crippen LogP contribution in [0.1, 0.15) is 36.8 Å². The van der Waals surface area contributed by atoms with Gasteiger partial charge in [-0.05, 0) is 68.9 Å². The quantitative estimate of drug-likeness (QED) is 0.189. The third-order valence-electron chi connectivity index (χ3n) is 7.49. The number of hydrogen-bond acceptors (Lipinski definition) is 3. The molecule has 5 nitrogen and oxygen atoms in total. The molecule has 212 valence electrons. The van der Waals surface area contributed by atoms with Crippen molar-refractivity contribution >= 4 is 61.7 Å². The molecule has 1 aliphatic carbocycles. The Morgan fingerprint density at radius 1 is 0.902 bits per heavy atom. The molecule has 1 fully saturated rings. The summed E-state index contributed by atoms with van der Waals surface area (Å²) in [6.45, 7) is -0.0617. The molecule has 4 aromatic carbocycles. The van der Waals surface area contributed by atoms with E-state index < -0.39 is 6.04 Å². The van der Waals surface area contributed by atoms with Gasteiger partial charge in [-0.15, -0.1) is 0 Å². The molecule has 1 aliphatic rings. The van der Waals surface area contributed by atoms with Crippen LogP contribution in [0.25, 0.3) is 10.8 Å². The van der Waals surface area contributed by atoms with Gasteiger partial charge in [-0.25, -0.2) is 0 Å². The Labute approximate surface area is 258 Å². The summed E-state index contributed by atoms with van der Waals surface area (Å²) in [6, 6.07) is 26.1. The number of halogens is 3. The zero-order chi connectivity index (χ0) is 28.8. The fraction of sp³-hybridized carbons (Fsp3) is 0.273. The lowest BCUT2D eigenvalue weighted by Gasteiger charge is -2.32. The van der Waals surface area contributed by atoms with Crippen molar-refractivity contribution in [1.29, 1.82) is 0 Å². The molecule has 8 heteroatoms. The molecule has 0 unspecified atom stereocenters. The number of rotatable bonds is 10. The molecule has 0 bridgehead atoms. The highest BCUT2D eigenvalue weighted by Crippen LogP contribution is 2.33. The molecular weight excluding hydrogens is 623 g/mol. The smallest absolute Gasteiger partial charge is 0.261 e. The van der Waals surface area contributed by atoms with Gasteiger partial charge < -0.3 is 15.0 Å². The Morgan fingerprint density at radius 3 is 2.39 bits per heavy atom. The Morgan fingerprint density at radius 2 is 1.63 bits per heavy atom. The number of fused-ring (bicyclic) bond motifs is 1. The predicted molar refractivity (Wildman–Crippen MR) is 168 cm³/mol. The minimum atomic E-state index is -0.747. The Bertz CT molecular complexity index is 1530. The number of carbonyl (C=O) groups is 2. The van der Waals surface area contributed by atoms with E-state index in [0.29, 0.717) is 22.2 Å². The highest BCUT2D eigenvalue weighted by atomic mass is 79.9. The minimum absolute atomic E-state index is 0.118. The van der Waals surface area contributed by atoms with Crippen molar-refractivity contribution in [1.82, 2.24) is 10.2 Å². The van der Waals surface area contributed by atoms with E-state index in [9.17, 15) is 9.59 Å². The van der Waals surface area contributed by atoms with Crippen LogP contribution in [0.15, 0.2) is 89.4 Å². The second kappa shape index (κ2) is 13.7. The van der Waals surface area contributed by atoms with E-state index in [4.69, 9.17) is 27.9 Å². The van der Waals surface area contributed by atoms with Crippen molar-refractivity contribution in [2.24, 2.45) is 0 Å². The summed E-state index contributed by atoms with van der Waals surface area (Å²) in [5, 5.41) is 6.09. The molecule has 5 rings (SSSR count). The Kier molecular flexibility index (Phi) is 9.86. The number of carbonyl (C=O) groups excluding carboxylic acids is 2. The molecule has 4 aromatic rings. The van der Waals surface area contributed by atoms with Gasteiger partial charge in [0, 0.05) is 19.0 Å². The molecule has 0 radical (unpaired) electrons. The normalized spacial score (nSPS) is 14.1. The maximum atomic E-state index is 14.0.